The molecule has 0 aliphatic carbocycles. The minimum absolute atomic E-state index is 0.425. The average molecular weight is 378 g/mol. The van der Waals surface area contributed by atoms with Crippen LogP contribution in [0.2, 0.25) is 0 Å². The number of pyridine rings is 1. The Morgan fingerprint density at radius 3 is 2.18 bits per heavy atom. The number of ether oxygens (including phenoxy) is 3. The SMILES string of the molecule is CCOC(OCC)c1ccc(Nc2ccc(-c3cccc(OC)c3)cc2)cn1. The molecule has 5 nitrogen and oxygen atoms in total. The second-order valence-electron chi connectivity index (χ2n) is 6.15. The van der Waals surface area contributed by atoms with Gasteiger partial charge in [0.1, 0.15) is 5.75 Å². The van der Waals surface area contributed by atoms with Gasteiger partial charge < -0.3 is 19.5 Å². The Bertz CT molecular complexity index is 858. The summed E-state index contributed by atoms with van der Waals surface area (Å²) in [5, 5.41) is 3.37. The van der Waals surface area contributed by atoms with Crippen molar-refractivity contribution in [2.24, 2.45) is 0 Å². The normalized spacial score (nSPS) is 10.9. The van der Waals surface area contributed by atoms with Crippen LogP contribution in [0, 0.1) is 0 Å². The molecule has 0 amide bonds. The number of hydrogen-bond donors (Lipinski definition) is 1. The highest BCUT2D eigenvalue weighted by molar-refractivity contribution is 5.69. The first-order valence-corrected chi connectivity index (χ1v) is 9.44. The number of hydrogen-bond acceptors (Lipinski definition) is 5. The lowest BCUT2D eigenvalue weighted by Gasteiger charge is -2.16. The molecule has 3 rings (SSSR count). The van der Waals surface area contributed by atoms with Crippen LogP contribution in [0.1, 0.15) is 25.8 Å². The molecule has 1 heterocycles. The van der Waals surface area contributed by atoms with Gasteiger partial charge >= 0.3 is 0 Å². The number of nitrogens with one attached hydrogen (secondary N) is 1. The van der Waals surface area contributed by atoms with Gasteiger partial charge in [-0.3, -0.25) is 4.98 Å². The summed E-state index contributed by atoms with van der Waals surface area (Å²) >= 11 is 0. The van der Waals surface area contributed by atoms with Crippen LogP contribution in [-0.2, 0) is 9.47 Å². The number of benzene rings is 2. The topological polar surface area (TPSA) is 52.6 Å². The van der Waals surface area contributed by atoms with E-state index in [-0.39, 0.29) is 0 Å². The number of aromatic nitrogens is 1. The summed E-state index contributed by atoms with van der Waals surface area (Å²) < 4.78 is 16.5. The molecular formula is C23H26N2O3. The zero-order valence-corrected chi connectivity index (χ0v) is 16.5. The third-order valence-electron chi connectivity index (χ3n) is 4.24. The van der Waals surface area contributed by atoms with Crippen LogP contribution in [0.4, 0.5) is 11.4 Å². The molecule has 1 N–H and O–H groups in total. The van der Waals surface area contributed by atoms with Gasteiger partial charge in [-0.25, -0.2) is 0 Å². The molecule has 0 bridgehead atoms. The van der Waals surface area contributed by atoms with E-state index in [1.807, 2.05) is 56.3 Å². The van der Waals surface area contributed by atoms with E-state index in [4.69, 9.17) is 14.2 Å². The molecule has 0 saturated carbocycles. The molecular weight excluding hydrogens is 352 g/mol. The standard InChI is InChI=1S/C23H26N2O3/c1-4-27-23(28-5-2)22-14-13-20(16-24-22)25-19-11-9-17(10-12-19)18-7-6-8-21(15-18)26-3/h6-16,23,25H,4-5H2,1-3H3. The molecule has 0 aliphatic rings. The molecule has 0 unspecified atom stereocenters. The van der Waals surface area contributed by atoms with E-state index in [1.165, 1.54) is 0 Å². The van der Waals surface area contributed by atoms with E-state index >= 15 is 0 Å². The van der Waals surface area contributed by atoms with Crippen LogP contribution in [0.5, 0.6) is 5.75 Å². The maximum atomic E-state index is 5.58. The van der Waals surface area contributed by atoms with Crippen molar-refractivity contribution < 1.29 is 14.2 Å². The summed E-state index contributed by atoms with van der Waals surface area (Å²) in [6.45, 7) is 5.03. The van der Waals surface area contributed by atoms with Crippen molar-refractivity contribution in [2.75, 3.05) is 25.6 Å². The highest BCUT2D eigenvalue weighted by Gasteiger charge is 2.12. The van der Waals surface area contributed by atoms with E-state index in [2.05, 4.69) is 28.5 Å². The summed E-state index contributed by atoms with van der Waals surface area (Å²) in [7, 11) is 1.68. The second-order valence-corrected chi connectivity index (χ2v) is 6.15. The first-order valence-electron chi connectivity index (χ1n) is 9.44. The lowest BCUT2D eigenvalue weighted by molar-refractivity contribution is -0.142. The fourth-order valence-electron chi connectivity index (χ4n) is 2.86. The van der Waals surface area contributed by atoms with Gasteiger partial charge in [0.25, 0.3) is 0 Å². The van der Waals surface area contributed by atoms with E-state index in [1.54, 1.807) is 13.3 Å². The minimum atomic E-state index is -0.425. The highest BCUT2D eigenvalue weighted by atomic mass is 16.7. The predicted octanol–water partition coefficient (Wildman–Crippen LogP) is 5.57. The molecule has 0 atom stereocenters. The maximum absolute atomic E-state index is 5.58. The number of nitrogens with zero attached hydrogens (tertiary/aromatic N) is 1. The lowest BCUT2D eigenvalue weighted by atomic mass is 10.1. The molecule has 3 aromatic rings. The van der Waals surface area contributed by atoms with Crippen molar-refractivity contribution >= 4 is 11.4 Å². The van der Waals surface area contributed by atoms with Crippen LogP contribution in [-0.4, -0.2) is 25.3 Å². The van der Waals surface area contributed by atoms with E-state index in [0.29, 0.717) is 13.2 Å². The number of methoxy groups -OCH3 is 1. The van der Waals surface area contributed by atoms with Crippen LogP contribution in [0.15, 0.2) is 66.9 Å². The Kier molecular flexibility index (Phi) is 7.00. The van der Waals surface area contributed by atoms with Crippen molar-refractivity contribution in [3.05, 3.63) is 72.6 Å². The van der Waals surface area contributed by atoms with Crippen molar-refractivity contribution in [3.63, 3.8) is 0 Å². The molecule has 0 spiro atoms. The summed E-state index contributed by atoms with van der Waals surface area (Å²) in [6, 6.07) is 20.2. The number of rotatable bonds is 9. The highest BCUT2D eigenvalue weighted by Crippen LogP contribution is 2.26. The Morgan fingerprint density at radius 2 is 1.57 bits per heavy atom. The van der Waals surface area contributed by atoms with Crippen molar-refractivity contribution in [1.29, 1.82) is 0 Å². The van der Waals surface area contributed by atoms with Gasteiger partial charge in [0.05, 0.1) is 24.7 Å². The summed E-state index contributed by atoms with van der Waals surface area (Å²) in [5.41, 5.74) is 4.92. The van der Waals surface area contributed by atoms with Gasteiger partial charge in [-0.2, -0.15) is 0 Å². The van der Waals surface area contributed by atoms with Gasteiger partial charge in [0.2, 0.25) is 6.29 Å². The zero-order chi connectivity index (χ0) is 19.8. The first-order chi connectivity index (χ1) is 13.7. The average Bonchev–Trinajstić information content (AvgIpc) is 2.75. The summed E-state index contributed by atoms with van der Waals surface area (Å²) in [4.78, 5) is 4.47. The van der Waals surface area contributed by atoms with Gasteiger partial charge in [-0.05, 0) is 61.4 Å². The van der Waals surface area contributed by atoms with Crippen LogP contribution >= 0.6 is 0 Å². The molecule has 1 aromatic heterocycles. The van der Waals surface area contributed by atoms with E-state index < -0.39 is 6.29 Å². The maximum Gasteiger partial charge on any atom is 0.201 e. The zero-order valence-electron chi connectivity index (χ0n) is 16.5. The van der Waals surface area contributed by atoms with Crippen molar-refractivity contribution in [1.82, 2.24) is 4.98 Å². The van der Waals surface area contributed by atoms with E-state index in [0.717, 1.165) is 33.9 Å². The monoisotopic (exact) mass is 378 g/mol. The summed E-state index contributed by atoms with van der Waals surface area (Å²) in [6.07, 6.45) is 1.36. The van der Waals surface area contributed by atoms with Gasteiger partial charge in [0.15, 0.2) is 0 Å². The van der Waals surface area contributed by atoms with Gasteiger partial charge in [-0.1, -0.05) is 24.3 Å². The molecule has 146 valence electrons. The molecule has 2 aromatic carbocycles. The number of anilines is 2. The Balaban J connectivity index is 1.68. The van der Waals surface area contributed by atoms with Crippen LogP contribution < -0.4 is 10.1 Å². The second kappa shape index (κ2) is 9.88. The predicted molar refractivity (Wildman–Crippen MR) is 112 cm³/mol. The molecule has 28 heavy (non-hydrogen) atoms. The third kappa shape index (κ3) is 5.09. The van der Waals surface area contributed by atoms with Gasteiger partial charge in [-0.15, -0.1) is 0 Å². The first kappa shape index (κ1) is 19.9. The Hall–Kier alpha value is -2.89. The minimum Gasteiger partial charge on any atom is -0.497 e. The molecule has 0 fully saturated rings. The smallest absolute Gasteiger partial charge is 0.201 e. The van der Waals surface area contributed by atoms with Crippen LogP contribution in [0.25, 0.3) is 11.1 Å². The Morgan fingerprint density at radius 1 is 0.857 bits per heavy atom. The van der Waals surface area contributed by atoms with Crippen molar-refractivity contribution in [3.8, 4) is 16.9 Å². The third-order valence-corrected chi connectivity index (χ3v) is 4.24. The molecule has 5 heteroatoms. The quantitative estimate of drug-likeness (QED) is 0.493. The lowest BCUT2D eigenvalue weighted by Crippen LogP contribution is -2.10. The largest absolute Gasteiger partial charge is 0.497 e. The fourth-order valence-corrected chi connectivity index (χ4v) is 2.86. The van der Waals surface area contributed by atoms with E-state index in [9.17, 15) is 0 Å². The Labute approximate surface area is 166 Å². The molecule has 0 radical (unpaired) electrons. The van der Waals surface area contributed by atoms with Gasteiger partial charge in [0, 0.05) is 18.9 Å². The summed E-state index contributed by atoms with van der Waals surface area (Å²) in [5.74, 6) is 0.850. The fraction of sp³-hybridized carbons (Fsp3) is 0.261. The molecule has 0 saturated heterocycles. The molecule has 0 aliphatic heterocycles. The van der Waals surface area contributed by atoms with Crippen LogP contribution in [0.3, 0.4) is 0 Å². The van der Waals surface area contributed by atoms with Crippen molar-refractivity contribution in [2.45, 2.75) is 20.1 Å².